The molecule has 3 nitrogen and oxygen atoms in total. The molecule has 14 heavy (non-hydrogen) atoms. The monoisotopic (exact) mass is 196 g/mol. The molecule has 0 aromatic carbocycles. The molecule has 1 N–H and O–H groups in total. The molecule has 1 heterocycles. The lowest BCUT2D eigenvalue weighted by molar-refractivity contribution is 0.532. The first-order chi connectivity index (χ1) is 7.38. The third kappa shape index (κ3) is 3.48. The summed E-state index contributed by atoms with van der Waals surface area (Å²) in [5.41, 5.74) is 1.10. The minimum Gasteiger partial charge on any atom is -0.198 e. The van der Waals surface area contributed by atoms with Gasteiger partial charge in [0.05, 0.1) is 11.9 Å². The van der Waals surface area contributed by atoms with Crippen LogP contribution >= 0.6 is 0 Å². The molecule has 1 atom stereocenters. The van der Waals surface area contributed by atoms with Crippen molar-refractivity contribution in [2.24, 2.45) is 0 Å². The maximum atomic E-state index is 7.05. The first kappa shape index (κ1) is 9.69. The van der Waals surface area contributed by atoms with E-state index in [9.17, 15) is 0 Å². The third-order valence-electron chi connectivity index (χ3n) is 2.65. The molecule has 1 aromatic heterocycles. The van der Waals surface area contributed by atoms with Crippen LogP contribution in [0, 0.1) is 0 Å². The zero-order valence-corrected chi connectivity index (χ0v) is 9.00. The normalized spacial score (nSPS) is 13.9. The van der Waals surface area contributed by atoms with Crippen LogP contribution in [0.25, 0.3) is 0 Å². The highest BCUT2D eigenvalue weighted by Gasteiger charge is 2.11. The van der Waals surface area contributed by atoms with Crippen LogP contribution in [-0.4, -0.2) is 15.4 Å². The van der Waals surface area contributed by atoms with E-state index >= 15 is 0 Å². The quantitative estimate of drug-likeness (QED) is 0.680. The highest BCUT2D eigenvalue weighted by molar-refractivity contribution is 4.99. The Morgan fingerprint density at radius 2 is 2.43 bits per heavy atom. The molecule has 1 aromatic rings. The molecule has 1 rings (SSSR count). The summed E-state index contributed by atoms with van der Waals surface area (Å²) >= 11 is 0. The number of H-pyrrole nitrogens is 1. The lowest BCUT2D eigenvalue weighted by Gasteiger charge is -2.10. The number of hydrogen-bond acceptors (Lipinski definition) is 2. The van der Waals surface area contributed by atoms with Crippen molar-refractivity contribution in [1.29, 1.82) is 0 Å². The van der Waals surface area contributed by atoms with Gasteiger partial charge in [-0.2, -0.15) is 15.4 Å². The number of nitrogens with zero attached hydrogens (tertiary/aromatic N) is 2. The van der Waals surface area contributed by atoms with Crippen molar-refractivity contribution in [1.82, 2.24) is 15.4 Å². The summed E-state index contributed by atoms with van der Waals surface area (Å²) in [5.74, 6) is 0.555. The molecule has 0 saturated carbocycles. The van der Waals surface area contributed by atoms with Gasteiger partial charge in [-0.3, -0.25) is 0 Å². The maximum Gasteiger partial charge on any atom is 0.0855 e. The summed E-state index contributed by atoms with van der Waals surface area (Å²) in [5, 5.41) is 10.7. The Bertz CT molecular complexity index is 236. The number of hydrogen-bond donors (Lipinski definition) is 1. The summed E-state index contributed by atoms with van der Waals surface area (Å²) in [7, 11) is 0. The van der Waals surface area contributed by atoms with Crippen molar-refractivity contribution in [3.05, 3.63) is 11.9 Å². The Hall–Kier alpha value is -0.860. The lowest BCUT2D eigenvalue weighted by atomic mass is 9.96. The number of unbranched alkanes of at least 4 members (excludes halogenated alkanes) is 3. The second-order valence-corrected chi connectivity index (χ2v) is 3.70. The second kappa shape index (κ2) is 6.57. The van der Waals surface area contributed by atoms with Gasteiger partial charge in [-0.05, 0) is 12.8 Å². The molecule has 0 bridgehead atoms. The zero-order valence-electron chi connectivity index (χ0n) is 10.00. The van der Waals surface area contributed by atoms with Gasteiger partial charge < -0.3 is 0 Å². The molecule has 0 spiro atoms. The molecular weight excluding hydrogens is 174 g/mol. The van der Waals surface area contributed by atoms with E-state index in [0.717, 1.165) is 18.5 Å². The van der Waals surface area contributed by atoms with E-state index in [1.165, 1.54) is 25.7 Å². The van der Waals surface area contributed by atoms with E-state index in [1.54, 1.807) is 0 Å². The first-order valence-corrected chi connectivity index (χ1v) is 5.53. The maximum absolute atomic E-state index is 7.05. The largest absolute Gasteiger partial charge is 0.198 e. The predicted molar refractivity (Wildman–Crippen MR) is 58.2 cm³/mol. The van der Waals surface area contributed by atoms with E-state index in [2.05, 4.69) is 22.3 Å². The third-order valence-corrected chi connectivity index (χ3v) is 2.65. The van der Waals surface area contributed by atoms with Gasteiger partial charge in [0, 0.05) is 7.29 Å². The van der Waals surface area contributed by atoms with Gasteiger partial charge >= 0.3 is 0 Å². The summed E-state index contributed by atoms with van der Waals surface area (Å²) in [4.78, 5) is 0. The minimum atomic E-state index is 0.555. The van der Waals surface area contributed by atoms with Crippen molar-refractivity contribution < 1.29 is 1.37 Å². The highest BCUT2D eigenvalue weighted by atomic mass is 15.3. The molecule has 0 aliphatic heterocycles. The molecule has 0 aliphatic rings. The van der Waals surface area contributed by atoms with Gasteiger partial charge in [0.2, 0.25) is 0 Å². The van der Waals surface area contributed by atoms with Crippen LogP contribution in [0.4, 0.5) is 0 Å². The Kier molecular flexibility index (Phi) is 4.55. The summed E-state index contributed by atoms with van der Waals surface area (Å²) in [6.07, 6.45) is 8.88. The Labute approximate surface area is 87.7 Å². The fraction of sp³-hybridized carbons (Fsp3) is 0.818. The zero-order chi connectivity index (χ0) is 10.9. The second-order valence-electron chi connectivity index (χ2n) is 3.70. The Balaban J connectivity index is 2.18. The lowest BCUT2D eigenvalue weighted by Crippen LogP contribution is -1.98. The smallest absolute Gasteiger partial charge is 0.0855 e. The molecule has 0 fully saturated rings. The topological polar surface area (TPSA) is 41.6 Å². The molecule has 1 unspecified atom stereocenters. The van der Waals surface area contributed by atoms with E-state index in [0.29, 0.717) is 12.8 Å². The van der Waals surface area contributed by atoms with Crippen molar-refractivity contribution in [3.63, 3.8) is 0 Å². The van der Waals surface area contributed by atoms with Gasteiger partial charge in [-0.15, -0.1) is 0 Å². The number of rotatable bonds is 7. The van der Waals surface area contributed by atoms with Crippen LogP contribution in [0.5, 0.6) is 0 Å². The predicted octanol–water partition coefficient (Wildman–Crippen LogP) is 3.27. The molecule has 0 aliphatic carbocycles. The summed E-state index contributed by atoms with van der Waals surface area (Å²) in [6.45, 7) is 2.77. The Morgan fingerprint density at radius 1 is 1.50 bits per heavy atom. The van der Waals surface area contributed by atoms with E-state index in [4.69, 9.17) is 1.37 Å². The van der Waals surface area contributed by atoms with Crippen molar-refractivity contribution >= 4 is 0 Å². The highest BCUT2D eigenvalue weighted by Crippen LogP contribution is 2.23. The first-order valence-electron chi connectivity index (χ1n) is 6.24. The molecular formula is C11H21N3. The standard InChI is InChI=1S/C11H21N3/c1-3-5-6-7-8-10(4-2)11-9-12-14-13-11/h9-10H,3-8H2,1-2H3,(H,12,13,14)/i1D. The summed E-state index contributed by atoms with van der Waals surface area (Å²) in [6, 6.07) is 0. The van der Waals surface area contributed by atoms with Crippen LogP contribution in [0.2, 0.25) is 0 Å². The van der Waals surface area contributed by atoms with Crippen molar-refractivity contribution in [2.75, 3.05) is 0 Å². The van der Waals surface area contributed by atoms with Crippen LogP contribution in [0.15, 0.2) is 6.20 Å². The van der Waals surface area contributed by atoms with E-state index in [-0.39, 0.29) is 0 Å². The van der Waals surface area contributed by atoms with Gasteiger partial charge in [-0.1, -0.05) is 39.5 Å². The van der Waals surface area contributed by atoms with Crippen molar-refractivity contribution in [3.8, 4) is 0 Å². The average Bonchev–Trinajstić information content (AvgIpc) is 2.77. The average molecular weight is 196 g/mol. The van der Waals surface area contributed by atoms with Crippen LogP contribution < -0.4 is 0 Å². The molecule has 80 valence electrons. The van der Waals surface area contributed by atoms with Gasteiger partial charge in [-0.25, -0.2) is 0 Å². The molecule has 0 amide bonds. The number of nitrogens with one attached hydrogen (secondary N) is 1. The van der Waals surface area contributed by atoms with Crippen LogP contribution in [0.1, 0.15) is 65.3 Å². The fourth-order valence-corrected chi connectivity index (χ4v) is 1.71. The van der Waals surface area contributed by atoms with E-state index < -0.39 is 0 Å². The molecule has 0 saturated heterocycles. The van der Waals surface area contributed by atoms with Gasteiger partial charge in [0.1, 0.15) is 0 Å². The summed E-state index contributed by atoms with van der Waals surface area (Å²) < 4.78 is 7.05. The number of aromatic amines is 1. The molecule has 3 heteroatoms. The SMILES string of the molecule is [2H]CCCCCCC(CC)c1cn[nH]n1. The van der Waals surface area contributed by atoms with Crippen molar-refractivity contribution in [2.45, 2.75) is 58.3 Å². The minimum absolute atomic E-state index is 0.555. The van der Waals surface area contributed by atoms with Crippen LogP contribution in [-0.2, 0) is 0 Å². The Morgan fingerprint density at radius 3 is 3.07 bits per heavy atom. The molecule has 0 radical (unpaired) electrons. The van der Waals surface area contributed by atoms with Gasteiger partial charge in [0.25, 0.3) is 0 Å². The van der Waals surface area contributed by atoms with Crippen LogP contribution in [0.3, 0.4) is 0 Å². The van der Waals surface area contributed by atoms with E-state index in [1.807, 2.05) is 6.20 Å². The fourth-order valence-electron chi connectivity index (χ4n) is 1.71. The number of aromatic nitrogens is 3. The van der Waals surface area contributed by atoms with Gasteiger partial charge in [0.15, 0.2) is 0 Å².